The number of hydrogen-bond acceptors (Lipinski definition) is 4. The van der Waals surface area contributed by atoms with E-state index in [1.165, 1.54) is 0 Å². The van der Waals surface area contributed by atoms with Gasteiger partial charge in [-0.2, -0.15) is 0 Å². The van der Waals surface area contributed by atoms with Gasteiger partial charge in [-0.05, 0) is 55.2 Å². The summed E-state index contributed by atoms with van der Waals surface area (Å²) < 4.78 is 0. The Kier molecular flexibility index (Phi) is 5.39. The van der Waals surface area contributed by atoms with Crippen LogP contribution in [0.15, 0.2) is 18.2 Å². The van der Waals surface area contributed by atoms with Crippen molar-refractivity contribution in [2.24, 2.45) is 11.8 Å². The zero-order chi connectivity index (χ0) is 20.5. The van der Waals surface area contributed by atoms with Gasteiger partial charge in [-0.15, -0.1) is 0 Å². The number of fused-ring (bicyclic) bond motifs is 1. The number of benzene rings is 1. The Morgan fingerprint density at radius 2 is 1.69 bits per heavy atom. The summed E-state index contributed by atoms with van der Waals surface area (Å²) in [6.45, 7) is 1.20. The topological polar surface area (TPSA) is 104 Å². The molecule has 3 aliphatic rings. The van der Waals surface area contributed by atoms with E-state index in [1.54, 1.807) is 0 Å². The summed E-state index contributed by atoms with van der Waals surface area (Å²) in [5, 5.41) is 11.5. The van der Waals surface area contributed by atoms with Gasteiger partial charge in [-0.25, -0.2) is 0 Å². The summed E-state index contributed by atoms with van der Waals surface area (Å²) in [6, 6.07) is 5.98. The number of imide groups is 1. The summed E-state index contributed by atoms with van der Waals surface area (Å²) >= 11 is 0. The van der Waals surface area contributed by atoms with E-state index in [0.29, 0.717) is 51.6 Å². The highest BCUT2D eigenvalue weighted by Crippen LogP contribution is 2.33. The lowest BCUT2D eigenvalue weighted by Crippen LogP contribution is -2.41. The fourth-order valence-electron chi connectivity index (χ4n) is 4.83. The predicted octanol–water partition coefficient (Wildman–Crippen LogP) is 1.98. The van der Waals surface area contributed by atoms with E-state index < -0.39 is 5.97 Å². The summed E-state index contributed by atoms with van der Waals surface area (Å²) in [4.78, 5) is 49.4. The molecule has 7 nitrogen and oxygen atoms in total. The van der Waals surface area contributed by atoms with Gasteiger partial charge in [0.2, 0.25) is 17.7 Å². The summed E-state index contributed by atoms with van der Waals surface area (Å²) in [5.74, 6) is -1.74. The first-order valence-electron chi connectivity index (χ1n) is 10.4. The Morgan fingerprint density at radius 1 is 0.966 bits per heavy atom. The van der Waals surface area contributed by atoms with Gasteiger partial charge in [0.15, 0.2) is 0 Å². The van der Waals surface area contributed by atoms with Crippen molar-refractivity contribution in [3.05, 3.63) is 34.9 Å². The number of carbonyl (C=O) groups excluding carboxylic acids is 3. The molecular formula is C22H26N2O5. The minimum atomic E-state index is -0.755. The van der Waals surface area contributed by atoms with Crippen LogP contribution in [0.25, 0.3) is 0 Å². The van der Waals surface area contributed by atoms with Gasteiger partial charge in [-0.3, -0.25) is 24.5 Å². The van der Waals surface area contributed by atoms with Crippen LogP contribution >= 0.6 is 0 Å². The molecule has 1 unspecified atom stereocenters. The van der Waals surface area contributed by atoms with E-state index in [9.17, 15) is 19.2 Å². The lowest BCUT2D eigenvalue weighted by Gasteiger charge is -2.34. The van der Waals surface area contributed by atoms with Crippen LogP contribution in [0.3, 0.4) is 0 Å². The third kappa shape index (κ3) is 4.04. The van der Waals surface area contributed by atoms with E-state index in [1.807, 2.05) is 17.0 Å². The quantitative estimate of drug-likeness (QED) is 0.758. The largest absolute Gasteiger partial charge is 0.481 e. The van der Waals surface area contributed by atoms with E-state index in [-0.39, 0.29) is 35.5 Å². The van der Waals surface area contributed by atoms with Crippen LogP contribution in [-0.4, -0.2) is 40.2 Å². The minimum absolute atomic E-state index is 0.0742. The van der Waals surface area contributed by atoms with Crippen LogP contribution in [0.5, 0.6) is 0 Å². The number of nitrogens with one attached hydrogen (secondary N) is 1. The lowest BCUT2D eigenvalue weighted by atomic mass is 9.81. The number of carboxylic acid groups (broad SMARTS) is 1. The van der Waals surface area contributed by atoms with Crippen molar-refractivity contribution in [3.8, 4) is 0 Å². The van der Waals surface area contributed by atoms with E-state index in [4.69, 9.17) is 5.11 Å². The molecule has 1 saturated heterocycles. The normalized spacial score (nSPS) is 27.2. The molecule has 1 aliphatic carbocycles. The molecular weight excluding hydrogens is 372 g/mol. The van der Waals surface area contributed by atoms with Crippen molar-refractivity contribution < 1.29 is 24.3 Å². The highest BCUT2D eigenvalue weighted by molar-refractivity contribution is 6.00. The lowest BCUT2D eigenvalue weighted by molar-refractivity contribution is -0.146. The number of amides is 3. The molecule has 1 aromatic carbocycles. The average molecular weight is 398 g/mol. The van der Waals surface area contributed by atoms with Crippen LogP contribution in [-0.2, 0) is 32.1 Å². The standard InChI is InChI=1S/C22H26N2O5/c25-19-8-7-18(20(26)23-19)16-5-6-17-12-24(10-9-15(17)11-16)21(27)13-1-3-14(4-2-13)22(28)29/h5-6,11,13-14,18H,1-4,7-10,12H2,(H,28,29)(H,23,25,26)/t13-,14-,18?. The van der Waals surface area contributed by atoms with Gasteiger partial charge in [0.05, 0.1) is 11.8 Å². The molecule has 29 heavy (non-hydrogen) atoms. The second-order valence-corrected chi connectivity index (χ2v) is 8.43. The van der Waals surface area contributed by atoms with Gasteiger partial charge in [-0.1, -0.05) is 18.2 Å². The van der Waals surface area contributed by atoms with Gasteiger partial charge in [0.1, 0.15) is 0 Å². The molecule has 0 radical (unpaired) electrons. The number of aliphatic carboxylic acids is 1. The number of carbonyl (C=O) groups is 4. The molecule has 154 valence electrons. The van der Waals surface area contributed by atoms with Gasteiger partial charge in [0, 0.05) is 25.4 Å². The molecule has 0 bridgehead atoms. The SMILES string of the molecule is O=C1CCC(c2ccc3c(c2)CCN(C(=O)[C@H]2CC[C@H](C(=O)O)CC2)C3)C(=O)N1. The van der Waals surface area contributed by atoms with Crippen LogP contribution < -0.4 is 5.32 Å². The molecule has 3 amide bonds. The first-order chi connectivity index (χ1) is 13.9. The molecule has 7 heteroatoms. The van der Waals surface area contributed by atoms with Crippen molar-refractivity contribution in [2.45, 2.75) is 57.4 Å². The van der Waals surface area contributed by atoms with Crippen LogP contribution in [0.1, 0.15) is 61.1 Å². The van der Waals surface area contributed by atoms with E-state index in [0.717, 1.165) is 23.1 Å². The molecule has 2 heterocycles. The smallest absolute Gasteiger partial charge is 0.306 e. The number of piperidine rings is 1. The summed E-state index contributed by atoms with van der Waals surface area (Å²) in [5.41, 5.74) is 3.19. The molecule has 2 aliphatic heterocycles. The van der Waals surface area contributed by atoms with Crippen molar-refractivity contribution >= 4 is 23.7 Å². The highest BCUT2D eigenvalue weighted by Gasteiger charge is 2.34. The number of carboxylic acids is 1. The Balaban J connectivity index is 1.40. The number of hydrogen-bond donors (Lipinski definition) is 2. The van der Waals surface area contributed by atoms with Gasteiger partial charge < -0.3 is 10.0 Å². The van der Waals surface area contributed by atoms with Crippen LogP contribution in [0, 0.1) is 11.8 Å². The molecule has 1 atom stereocenters. The second kappa shape index (κ2) is 7.97. The van der Waals surface area contributed by atoms with Crippen LogP contribution in [0.4, 0.5) is 0 Å². The molecule has 2 N–H and O–H groups in total. The third-order valence-electron chi connectivity index (χ3n) is 6.62. The predicted molar refractivity (Wildman–Crippen MR) is 104 cm³/mol. The van der Waals surface area contributed by atoms with Gasteiger partial charge in [0.25, 0.3) is 0 Å². The Hall–Kier alpha value is -2.70. The first kappa shape index (κ1) is 19.6. The highest BCUT2D eigenvalue weighted by atomic mass is 16.4. The molecule has 1 aromatic rings. The maximum Gasteiger partial charge on any atom is 0.306 e. The number of nitrogens with zero attached hydrogens (tertiary/aromatic N) is 1. The molecule has 0 spiro atoms. The Labute approximate surface area is 169 Å². The van der Waals surface area contributed by atoms with E-state index >= 15 is 0 Å². The third-order valence-corrected chi connectivity index (χ3v) is 6.62. The van der Waals surface area contributed by atoms with Crippen molar-refractivity contribution in [1.82, 2.24) is 10.2 Å². The maximum absolute atomic E-state index is 12.9. The molecule has 2 fully saturated rings. The zero-order valence-corrected chi connectivity index (χ0v) is 16.4. The minimum Gasteiger partial charge on any atom is -0.481 e. The number of rotatable bonds is 3. The fourth-order valence-corrected chi connectivity index (χ4v) is 4.83. The van der Waals surface area contributed by atoms with Crippen LogP contribution in [0.2, 0.25) is 0 Å². The van der Waals surface area contributed by atoms with Gasteiger partial charge >= 0.3 is 5.97 Å². The first-order valence-corrected chi connectivity index (χ1v) is 10.4. The monoisotopic (exact) mass is 398 g/mol. The second-order valence-electron chi connectivity index (χ2n) is 8.43. The van der Waals surface area contributed by atoms with Crippen molar-refractivity contribution in [1.29, 1.82) is 0 Å². The average Bonchev–Trinajstić information content (AvgIpc) is 2.72. The molecule has 1 saturated carbocycles. The van der Waals surface area contributed by atoms with E-state index in [2.05, 4.69) is 11.4 Å². The van der Waals surface area contributed by atoms with Crippen molar-refractivity contribution in [2.75, 3.05) is 6.54 Å². The molecule has 0 aromatic heterocycles. The summed E-state index contributed by atoms with van der Waals surface area (Å²) in [7, 11) is 0. The van der Waals surface area contributed by atoms with Crippen molar-refractivity contribution in [3.63, 3.8) is 0 Å². The fraction of sp³-hybridized carbons (Fsp3) is 0.545. The zero-order valence-electron chi connectivity index (χ0n) is 16.4. The maximum atomic E-state index is 12.9. The molecule has 4 rings (SSSR count). The Morgan fingerprint density at radius 3 is 2.38 bits per heavy atom. The Bertz CT molecular complexity index is 857. The summed E-state index contributed by atoms with van der Waals surface area (Å²) in [6.07, 6.45) is 4.08.